The van der Waals surface area contributed by atoms with Gasteiger partial charge >= 0.3 is 0 Å². The number of nitrogens with one attached hydrogen (secondary N) is 1. The molecule has 0 aliphatic carbocycles. The van der Waals surface area contributed by atoms with Crippen LogP contribution in [0.3, 0.4) is 0 Å². The fraction of sp³-hybridized carbons (Fsp3) is 0.111. The van der Waals surface area contributed by atoms with Crippen LogP contribution in [0.4, 0.5) is 0 Å². The summed E-state index contributed by atoms with van der Waals surface area (Å²) in [4.78, 5) is 0.451. The molecule has 0 bridgehead atoms. The van der Waals surface area contributed by atoms with Crippen molar-refractivity contribution in [1.82, 2.24) is 4.72 Å². The zero-order valence-electron chi connectivity index (χ0n) is 10.0. The van der Waals surface area contributed by atoms with Crippen LogP contribution >= 0.6 is 0 Å². The van der Waals surface area contributed by atoms with Gasteiger partial charge in [-0.05, 0) is 17.2 Å². The van der Waals surface area contributed by atoms with E-state index in [1.807, 2.05) is 0 Å². The molecule has 0 saturated carbocycles. The van der Waals surface area contributed by atoms with Crippen LogP contribution < -0.4 is 9.86 Å². The molecule has 1 atom stereocenters. The predicted octanol–water partition coefficient (Wildman–Crippen LogP) is -0.0582. The second-order valence-corrected chi connectivity index (χ2v) is 5.66. The normalized spacial score (nSPS) is 22.1. The average Bonchev–Trinajstić information content (AvgIpc) is 2.54. The maximum atomic E-state index is 11.7. The lowest BCUT2D eigenvalue weighted by atomic mass is 10.1. The number of hydrogen-bond donors (Lipinski definition) is 2. The molecule has 2 rings (SSSR count). The van der Waals surface area contributed by atoms with Gasteiger partial charge in [0.1, 0.15) is 0 Å². The SMILES string of the molecule is [2H][13C]([2H])([15NH]S(N)(=O)=O)C1=CS(=O)c2ccccc21. The van der Waals surface area contributed by atoms with E-state index in [9.17, 15) is 12.6 Å². The molecule has 1 aromatic carbocycles. The molecule has 3 N–H and O–H groups in total. The van der Waals surface area contributed by atoms with E-state index in [2.05, 4.69) is 0 Å². The molecule has 5 nitrogen and oxygen atoms in total. The maximum Gasteiger partial charge on any atom is 0.274 e. The van der Waals surface area contributed by atoms with Crippen LogP contribution in [-0.2, 0) is 21.0 Å². The van der Waals surface area contributed by atoms with Gasteiger partial charge in [-0.1, -0.05) is 18.2 Å². The van der Waals surface area contributed by atoms with Crippen molar-refractivity contribution in [2.45, 2.75) is 4.90 Å². The van der Waals surface area contributed by atoms with Gasteiger partial charge in [0.05, 0.1) is 15.7 Å². The van der Waals surface area contributed by atoms with Gasteiger partial charge in [0, 0.05) is 14.6 Å². The van der Waals surface area contributed by atoms with Crippen LogP contribution in [-0.4, -0.2) is 19.1 Å². The summed E-state index contributed by atoms with van der Waals surface area (Å²) in [5.41, 5.74) is 0.419. The van der Waals surface area contributed by atoms with E-state index in [0.29, 0.717) is 10.5 Å². The molecule has 16 heavy (non-hydrogen) atoms. The molecule has 1 aromatic rings. The minimum absolute atomic E-state index is 0.00505. The smallest absolute Gasteiger partial charge is 0.250 e. The van der Waals surface area contributed by atoms with E-state index in [1.54, 1.807) is 29.0 Å². The minimum atomic E-state index is -4.20. The predicted molar refractivity (Wildman–Crippen MR) is 61.9 cm³/mol. The molecule has 0 amide bonds. The maximum absolute atomic E-state index is 11.7. The molecule has 0 spiro atoms. The molecule has 0 saturated heterocycles. The zero-order chi connectivity index (χ0) is 13.6. The highest BCUT2D eigenvalue weighted by atomic mass is 32.2. The molecule has 0 radical (unpaired) electrons. The number of nitrogens with two attached hydrogens (primary N) is 1. The summed E-state index contributed by atoms with van der Waals surface area (Å²) in [5, 5.41) is 5.95. The Labute approximate surface area is 98.8 Å². The van der Waals surface area contributed by atoms with Crippen molar-refractivity contribution in [2.24, 2.45) is 5.14 Å². The van der Waals surface area contributed by atoms with Gasteiger partial charge in [-0.15, -0.1) is 0 Å². The van der Waals surface area contributed by atoms with Crippen molar-refractivity contribution in [3.8, 4) is 0 Å². The third-order valence-electron chi connectivity index (χ3n) is 1.95. The zero-order valence-corrected chi connectivity index (χ0v) is 9.64. The van der Waals surface area contributed by atoms with Gasteiger partial charge < -0.3 is 0 Å². The number of fused-ring (bicyclic) bond motifs is 1. The third kappa shape index (κ3) is 2.38. The number of rotatable bonds is 3. The third-order valence-corrected chi connectivity index (χ3v) is 3.57. The van der Waals surface area contributed by atoms with Crippen molar-refractivity contribution in [2.75, 3.05) is 6.50 Å². The quantitative estimate of drug-likeness (QED) is 0.591. The first-order chi connectivity index (χ1) is 8.21. The molecule has 7 heteroatoms. The van der Waals surface area contributed by atoms with E-state index in [4.69, 9.17) is 7.88 Å². The first-order valence-corrected chi connectivity index (χ1v) is 7.00. The van der Waals surface area contributed by atoms with Gasteiger partial charge in [-0.2, -0.15) is 13.1 Å². The summed E-state index contributed by atoms with van der Waals surface area (Å²) < 4.78 is 50.7. The summed E-state index contributed by atoms with van der Waals surface area (Å²) in [7, 11) is -5.68. The molecular formula is C9H10N2O3S2. The summed E-state index contributed by atoms with van der Waals surface area (Å²) in [6.45, 7) is -2.41. The number of benzene rings is 1. The number of hydrogen-bond acceptors (Lipinski definition) is 3. The molecule has 1 unspecified atom stereocenters. The largest absolute Gasteiger partial charge is 0.274 e. The topological polar surface area (TPSA) is 89.3 Å². The Morgan fingerprint density at radius 3 is 2.81 bits per heavy atom. The van der Waals surface area contributed by atoms with Gasteiger partial charge in [0.25, 0.3) is 10.2 Å². The van der Waals surface area contributed by atoms with Gasteiger partial charge in [0.15, 0.2) is 0 Å². The second-order valence-electron chi connectivity index (χ2n) is 3.10. The molecule has 1 aliphatic heterocycles. The lowest BCUT2D eigenvalue weighted by Gasteiger charge is -2.04. The summed E-state index contributed by atoms with van der Waals surface area (Å²) >= 11 is 0. The van der Waals surface area contributed by atoms with Crippen LogP contribution in [0, 0.1) is 0 Å². The van der Waals surface area contributed by atoms with Gasteiger partial charge in [0.2, 0.25) is 0 Å². The van der Waals surface area contributed by atoms with Gasteiger partial charge in [-0.25, -0.2) is 9.35 Å². The van der Waals surface area contributed by atoms with Crippen LogP contribution in [0.25, 0.3) is 5.57 Å². The Hall–Kier alpha value is -1.02. The first kappa shape index (κ1) is 9.06. The van der Waals surface area contributed by atoms with Crippen molar-refractivity contribution < 1.29 is 15.4 Å². The molecular weight excluding hydrogens is 250 g/mol. The Kier molecular flexibility index (Phi) is 2.32. The highest BCUT2D eigenvalue weighted by Gasteiger charge is 2.19. The molecule has 86 valence electrons. The highest BCUT2D eigenvalue weighted by Crippen LogP contribution is 2.29. The van der Waals surface area contributed by atoms with Gasteiger partial charge in [-0.3, -0.25) is 0 Å². The van der Waals surface area contributed by atoms with E-state index in [1.165, 1.54) is 5.41 Å². The lowest BCUT2D eigenvalue weighted by molar-refractivity contribution is 0.588. The average molecular weight is 262 g/mol. The van der Waals surface area contributed by atoms with Crippen molar-refractivity contribution in [3.63, 3.8) is 0 Å². The summed E-state index contributed by atoms with van der Waals surface area (Å²) in [6.07, 6.45) is 0. The standard InChI is InChI=1S/C9H10N2O3S2/c10-16(13,14)11-5-7-6-15(12)9-4-2-1-3-8(7)9/h1-4,6,11H,5H2,(H2,10,13,14)/i5+1D2,11+1. The first-order valence-electron chi connectivity index (χ1n) is 5.25. The van der Waals surface area contributed by atoms with Crippen LogP contribution in [0.2, 0.25) is 0 Å². The van der Waals surface area contributed by atoms with Crippen molar-refractivity contribution in [3.05, 3.63) is 35.2 Å². The molecule has 0 aromatic heterocycles. The highest BCUT2D eigenvalue weighted by molar-refractivity contribution is 7.88. The Morgan fingerprint density at radius 2 is 2.12 bits per heavy atom. The van der Waals surface area contributed by atoms with Crippen LogP contribution in [0.1, 0.15) is 8.30 Å². The van der Waals surface area contributed by atoms with E-state index < -0.39 is 27.5 Å². The molecule has 0 fully saturated rings. The van der Waals surface area contributed by atoms with Crippen LogP contribution in [0.5, 0.6) is 0 Å². The van der Waals surface area contributed by atoms with Crippen molar-refractivity contribution in [1.29, 1.82) is 0 Å². The summed E-state index contributed by atoms with van der Waals surface area (Å²) in [5.74, 6) is 0. The lowest BCUT2D eigenvalue weighted by Crippen LogP contribution is -2.31. The Morgan fingerprint density at radius 1 is 1.44 bits per heavy atom. The fourth-order valence-electron chi connectivity index (χ4n) is 1.32. The second kappa shape index (κ2) is 4.10. The van der Waals surface area contributed by atoms with E-state index in [0.717, 1.165) is 0 Å². The Bertz CT molecular complexity index is 656. The molecule has 1 aliphatic rings. The fourth-order valence-corrected chi connectivity index (χ4v) is 2.71. The van der Waals surface area contributed by atoms with E-state index >= 15 is 0 Å². The summed E-state index contributed by atoms with van der Waals surface area (Å²) in [6, 6.07) is 6.51. The Balaban J connectivity index is 2.48. The monoisotopic (exact) mass is 262 g/mol. The van der Waals surface area contributed by atoms with Crippen LogP contribution in [0.15, 0.2) is 34.6 Å². The minimum Gasteiger partial charge on any atom is -0.250 e. The van der Waals surface area contributed by atoms with E-state index in [-0.39, 0.29) is 5.57 Å². The molecule has 1 heterocycles. The van der Waals surface area contributed by atoms with Crippen molar-refractivity contribution >= 4 is 26.6 Å².